The second kappa shape index (κ2) is 7.55. The van der Waals surface area contributed by atoms with E-state index in [2.05, 4.69) is 31.8 Å². The van der Waals surface area contributed by atoms with Gasteiger partial charge in [0.25, 0.3) is 0 Å². The second-order valence-corrected chi connectivity index (χ2v) is 2.69. The minimum absolute atomic E-state index is 1.08. The van der Waals surface area contributed by atoms with Crippen LogP contribution in [0.2, 0.25) is 0 Å². The first-order chi connectivity index (χ1) is 5.31. The molecule has 0 radical (unpaired) electrons. The topological polar surface area (TPSA) is 12.0 Å². The zero-order valence-corrected chi connectivity index (χ0v) is 7.69. The third-order valence-electron chi connectivity index (χ3n) is 1.54. The first-order valence-corrected chi connectivity index (χ1v) is 4.31. The fraction of sp³-hybridized carbons (Fsp3) is 0.600. The summed E-state index contributed by atoms with van der Waals surface area (Å²) in [5.41, 5.74) is 1.27. The Morgan fingerprint density at radius 1 is 1.45 bits per heavy atom. The zero-order valence-electron chi connectivity index (χ0n) is 7.69. The van der Waals surface area contributed by atoms with Crippen molar-refractivity contribution in [2.45, 2.75) is 26.7 Å². The largest absolute Gasteiger partial charge is 0.316 e. The molecule has 0 unspecified atom stereocenters. The van der Waals surface area contributed by atoms with Crippen molar-refractivity contribution in [2.24, 2.45) is 0 Å². The first kappa shape index (κ1) is 10.4. The molecular formula is C10H19N. The molecule has 0 bridgehead atoms. The van der Waals surface area contributed by atoms with E-state index >= 15 is 0 Å². The van der Waals surface area contributed by atoms with Gasteiger partial charge in [-0.25, -0.2) is 0 Å². The van der Waals surface area contributed by atoms with Gasteiger partial charge in [0.2, 0.25) is 0 Å². The monoisotopic (exact) mass is 153 g/mol. The van der Waals surface area contributed by atoms with E-state index in [1.54, 1.807) is 0 Å². The van der Waals surface area contributed by atoms with Gasteiger partial charge in [0, 0.05) is 0 Å². The van der Waals surface area contributed by atoms with Crippen LogP contribution in [0.25, 0.3) is 0 Å². The lowest BCUT2D eigenvalue weighted by molar-refractivity contribution is 0.677. The summed E-state index contributed by atoms with van der Waals surface area (Å²) in [6, 6.07) is 0. The summed E-state index contributed by atoms with van der Waals surface area (Å²) in [6.45, 7) is 10.1. The Morgan fingerprint density at radius 2 is 2.18 bits per heavy atom. The van der Waals surface area contributed by atoms with Crippen LogP contribution < -0.4 is 5.32 Å². The summed E-state index contributed by atoms with van der Waals surface area (Å²) in [6.07, 6.45) is 6.41. The summed E-state index contributed by atoms with van der Waals surface area (Å²) in [5.74, 6) is 0. The molecule has 0 atom stereocenters. The molecule has 0 aliphatic carbocycles. The van der Waals surface area contributed by atoms with Crippen LogP contribution in [0.5, 0.6) is 0 Å². The standard InChI is InChI=1S/C10H19N/c1-4-8-11-9-6-7-10(3)5-2/h5,7,11H,2,4,6,8-9H2,1,3H3. The van der Waals surface area contributed by atoms with Crippen molar-refractivity contribution < 1.29 is 0 Å². The summed E-state index contributed by atoms with van der Waals surface area (Å²) < 4.78 is 0. The Kier molecular flexibility index (Phi) is 7.16. The Bertz CT molecular complexity index is 125. The van der Waals surface area contributed by atoms with Crippen LogP contribution in [0.4, 0.5) is 0 Å². The van der Waals surface area contributed by atoms with Crippen LogP contribution in [0.3, 0.4) is 0 Å². The lowest BCUT2D eigenvalue weighted by Gasteiger charge is -1.98. The fourth-order valence-electron chi connectivity index (χ4n) is 0.787. The van der Waals surface area contributed by atoms with Crippen LogP contribution in [0.1, 0.15) is 26.7 Å². The molecule has 0 spiro atoms. The molecule has 0 heterocycles. The van der Waals surface area contributed by atoms with Crippen molar-refractivity contribution in [3.8, 4) is 0 Å². The number of hydrogen-bond acceptors (Lipinski definition) is 1. The van der Waals surface area contributed by atoms with Gasteiger partial charge >= 0.3 is 0 Å². The Labute approximate surface area is 70.2 Å². The fourth-order valence-corrected chi connectivity index (χ4v) is 0.787. The summed E-state index contributed by atoms with van der Waals surface area (Å²) in [7, 11) is 0. The number of nitrogens with one attached hydrogen (secondary N) is 1. The van der Waals surface area contributed by atoms with Crippen LogP contribution in [0, 0.1) is 0 Å². The van der Waals surface area contributed by atoms with E-state index in [0.717, 1.165) is 19.5 Å². The zero-order chi connectivity index (χ0) is 8.53. The molecule has 0 aromatic rings. The highest BCUT2D eigenvalue weighted by Gasteiger charge is 1.83. The Balaban J connectivity index is 3.19. The van der Waals surface area contributed by atoms with Crippen molar-refractivity contribution in [2.75, 3.05) is 13.1 Å². The number of rotatable bonds is 6. The quantitative estimate of drug-likeness (QED) is 0.456. The molecule has 0 saturated carbocycles. The molecular weight excluding hydrogens is 134 g/mol. The van der Waals surface area contributed by atoms with Crippen molar-refractivity contribution in [3.63, 3.8) is 0 Å². The van der Waals surface area contributed by atoms with Gasteiger partial charge in [-0.3, -0.25) is 0 Å². The molecule has 0 amide bonds. The van der Waals surface area contributed by atoms with Gasteiger partial charge in [-0.05, 0) is 32.9 Å². The van der Waals surface area contributed by atoms with Crippen molar-refractivity contribution in [1.29, 1.82) is 0 Å². The minimum Gasteiger partial charge on any atom is -0.316 e. The molecule has 0 saturated heterocycles. The number of hydrogen-bond donors (Lipinski definition) is 1. The molecule has 1 nitrogen and oxygen atoms in total. The summed E-state index contributed by atoms with van der Waals surface area (Å²) in [4.78, 5) is 0. The molecule has 1 N–H and O–H groups in total. The highest BCUT2D eigenvalue weighted by Crippen LogP contribution is 1.94. The van der Waals surface area contributed by atoms with Crippen LogP contribution >= 0.6 is 0 Å². The van der Waals surface area contributed by atoms with Gasteiger partial charge in [0.05, 0.1) is 0 Å². The van der Waals surface area contributed by atoms with E-state index in [9.17, 15) is 0 Å². The first-order valence-electron chi connectivity index (χ1n) is 4.31. The van der Waals surface area contributed by atoms with Crippen LogP contribution in [-0.4, -0.2) is 13.1 Å². The van der Waals surface area contributed by atoms with E-state index < -0.39 is 0 Å². The molecule has 1 heteroatoms. The Hall–Kier alpha value is -0.560. The third-order valence-corrected chi connectivity index (χ3v) is 1.54. The van der Waals surface area contributed by atoms with Gasteiger partial charge < -0.3 is 5.32 Å². The maximum Gasteiger partial charge on any atom is -0.00141 e. The van der Waals surface area contributed by atoms with E-state index in [4.69, 9.17) is 0 Å². The molecule has 64 valence electrons. The van der Waals surface area contributed by atoms with Crippen LogP contribution in [-0.2, 0) is 0 Å². The predicted molar refractivity (Wildman–Crippen MR) is 51.7 cm³/mol. The smallest absolute Gasteiger partial charge is 0.00141 e. The molecule has 0 fully saturated rings. The van der Waals surface area contributed by atoms with E-state index in [0.29, 0.717) is 0 Å². The van der Waals surface area contributed by atoms with Gasteiger partial charge in [-0.15, -0.1) is 0 Å². The SMILES string of the molecule is C=CC(C)=CCCNCCC. The van der Waals surface area contributed by atoms with Crippen molar-refractivity contribution >= 4 is 0 Å². The molecule has 0 aromatic heterocycles. The van der Waals surface area contributed by atoms with Crippen molar-refractivity contribution in [1.82, 2.24) is 5.32 Å². The number of allylic oxidation sites excluding steroid dienone is 2. The molecule has 0 aliphatic rings. The normalized spacial score (nSPS) is 11.6. The molecule has 11 heavy (non-hydrogen) atoms. The van der Waals surface area contributed by atoms with Gasteiger partial charge in [-0.2, -0.15) is 0 Å². The Morgan fingerprint density at radius 3 is 2.73 bits per heavy atom. The van der Waals surface area contributed by atoms with E-state index in [-0.39, 0.29) is 0 Å². The highest BCUT2D eigenvalue weighted by molar-refractivity contribution is 5.12. The molecule has 0 rings (SSSR count). The molecule has 0 aliphatic heterocycles. The van der Waals surface area contributed by atoms with Gasteiger partial charge in [0.15, 0.2) is 0 Å². The average Bonchev–Trinajstić information content (AvgIpc) is 2.04. The van der Waals surface area contributed by atoms with E-state index in [1.165, 1.54) is 12.0 Å². The predicted octanol–water partition coefficient (Wildman–Crippen LogP) is 2.51. The maximum atomic E-state index is 3.69. The summed E-state index contributed by atoms with van der Waals surface area (Å²) >= 11 is 0. The van der Waals surface area contributed by atoms with Crippen LogP contribution in [0.15, 0.2) is 24.3 Å². The average molecular weight is 153 g/mol. The van der Waals surface area contributed by atoms with E-state index in [1.807, 2.05) is 6.08 Å². The lowest BCUT2D eigenvalue weighted by atomic mass is 10.2. The van der Waals surface area contributed by atoms with Gasteiger partial charge in [0.1, 0.15) is 0 Å². The summed E-state index contributed by atoms with van der Waals surface area (Å²) in [5, 5.41) is 3.34. The van der Waals surface area contributed by atoms with Gasteiger partial charge in [-0.1, -0.05) is 31.2 Å². The highest BCUT2D eigenvalue weighted by atomic mass is 14.8. The molecule has 0 aromatic carbocycles. The second-order valence-electron chi connectivity index (χ2n) is 2.69. The van der Waals surface area contributed by atoms with Crippen molar-refractivity contribution in [3.05, 3.63) is 24.3 Å². The third kappa shape index (κ3) is 7.34. The maximum absolute atomic E-state index is 3.69. The lowest BCUT2D eigenvalue weighted by Crippen LogP contribution is -2.15. The minimum atomic E-state index is 1.08.